The average molecular weight is 408 g/mol. The van der Waals surface area contributed by atoms with Gasteiger partial charge in [-0.2, -0.15) is 0 Å². The summed E-state index contributed by atoms with van der Waals surface area (Å²) in [5.41, 5.74) is 1.13. The normalized spacial score (nSPS) is 10.3. The molecule has 3 aromatic rings. The maximum atomic E-state index is 12.3. The predicted octanol–water partition coefficient (Wildman–Crippen LogP) is 4.73. The van der Waals surface area contributed by atoms with E-state index in [2.05, 4.69) is 17.6 Å². The van der Waals surface area contributed by atoms with Crippen LogP contribution < -0.4 is 20.1 Å². The monoisotopic (exact) mass is 408 g/mol. The van der Waals surface area contributed by atoms with Gasteiger partial charge in [-0.25, -0.2) is 0 Å². The summed E-state index contributed by atoms with van der Waals surface area (Å²) in [6, 6.07) is 17.3. The minimum absolute atomic E-state index is 0.182. The van der Waals surface area contributed by atoms with Crippen LogP contribution in [0.1, 0.15) is 30.3 Å². The number of nitrogens with one attached hydrogen (secondary N) is 2. The largest absolute Gasteiger partial charge is 0.491 e. The molecule has 0 aliphatic heterocycles. The molecule has 0 saturated carbocycles. The number of furan rings is 1. The molecule has 0 spiro atoms. The quantitative estimate of drug-likeness (QED) is 0.474. The van der Waals surface area contributed by atoms with Crippen LogP contribution in [0.25, 0.3) is 0 Å². The number of hydrogen-bond donors (Lipinski definition) is 2. The van der Waals surface area contributed by atoms with Gasteiger partial charge in [-0.3, -0.25) is 9.59 Å². The molecule has 2 amide bonds. The summed E-state index contributed by atoms with van der Waals surface area (Å²) in [5.74, 6) is 0.610. The third kappa shape index (κ3) is 6.13. The van der Waals surface area contributed by atoms with E-state index in [1.807, 2.05) is 18.2 Å². The van der Waals surface area contributed by atoms with Crippen LogP contribution in [0.5, 0.6) is 11.5 Å². The van der Waals surface area contributed by atoms with Gasteiger partial charge >= 0.3 is 0 Å². The Bertz CT molecular complexity index is 969. The molecule has 30 heavy (non-hydrogen) atoms. The van der Waals surface area contributed by atoms with Crippen molar-refractivity contribution in [1.82, 2.24) is 0 Å². The van der Waals surface area contributed by atoms with Crippen molar-refractivity contribution in [2.45, 2.75) is 19.8 Å². The first-order valence-corrected chi connectivity index (χ1v) is 9.75. The fraction of sp³-hybridized carbons (Fsp3) is 0.217. The predicted molar refractivity (Wildman–Crippen MR) is 114 cm³/mol. The van der Waals surface area contributed by atoms with Gasteiger partial charge in [0.05, 0.1) is 18.6 Å². The molecule has 0 fully saturated rings. The first-order chi connectivity index (χ1) is 14.7. The molecule has 2 N–H and O–H groups in total. The second-order valence-electron chi connectivity index (χ2n) is 6.49. The molecule has 3 rings (SSSR count). The Morgan fingerprint density at radius 1 is 0.967 bits per heavy atom. The van der Waals surface area contributed by atoms with E-state index < -0.39 is 0 Å². The lowest BCUT2D eigenvalue weighted by Crippen LogP contribution is -2.20. The van der Waals surface area contributed by atoms with E-state index in [0.717, 1.165) is 12.8 Å². The van der Waals surface area contributed by atoms with Gasteiger partial charge in [0.25, 0.3) is 11.8 Å². The summed E-state index contributed by atoms with van der Waals surface area (Å²) >= 11 is 0. The third-order valence-electron chi connectivity index (χ3n) is 4.12. The molecular weight excluding hydrogens is 384 g/mol. The van der Waals surface area contributed by atoms with E-state index in [1.165, 1.54) is 6.26 Å². The molecule has 2 aromatic carbocycles. The van der Waals surface area contributed by atoms with Crippen molar-refractivity contribution in [2.24, 2.45) is 0 Å². The summed E-state index contributed by atoms with van der Waals surface area (Å²) in [6.07, 6.45) is 3.40. The smallest absolute Gasteiger partial charge is 0.291 e. The molecule has 0 aliphatic rings. The minimum Gasteiger partial charge on any atom is -0.491 e. The van der Waals surface area contributed by atoms with Crippen molar-refractivity contribution in [3.05, 3.63) is 72.7 Å². The zero-order valence-electron chi connectivity index (χ0n) is 16.7. The second kappa shape index (κ2) is 10.7. The highest BCUT2D eigenvalue weighted by atomic mass is 16.5. The minimum atomic E-state index is -0.366. The van der Waals surface area contributed by atoms with Gasteiger partial charge < -0.3 is 24.5 Å². The number of amides is 2. The van der Waals surface area contributed by atoms with Gasteiger partial charge in [-0.1, -0.05) is 31.5 Å². The van der Waals surface area contributed by atoms with E-state index >= 15 is 0 Å². The van der Waals surface area contributed by atoms with Crippen molar-refractivity contribution in [3.8, 4) is 11.5 Å². The molecule has 1 aromatic heterocycles. The standard InChI is InChI=1S/C23H24N2O5/c1-2-3-13-28-20-11-5-4-10-19(20)25-22(26)16-30-18-9-6-8-17(15-18)24-23(27)21-12-7-14-29-21/h4-12,14-15H,2-3,13,16H2,1H3,(H,24,27)(H,25,26). The lowest BCUT2D eigenvalue weighted by molar-refractivity contribution is -0.118. The summed E-state index contributed by atoms with van der Waals surface area (Å²) in [5, 5.41) is 5.52. The van der Waals surface area contributed by atoms with Crippen LogP contribution in [0.2, 0.25) is 0 Å². The Morgan fingerprint density at radius 3 is 2.63 bits per heavy atom. The average Bonchev–Trinajstić information content (AvgIpc) is 3.29. The first-order valence-electron chi connectivity index (χ1n) is 9.75. The molecule has 0 radical (unpaired) electrons. The second-order valence-corrected chi connectivity index (χ2v) is 6.49. The molecule has 0 unspecified atom stereocenters. The van der Waals surface area contributed by atoms with Gasteiger partial charge in [0.1, 0.15) is 11.5 Å². The number of unbranched alkanes of at least 4 members (excludes halogenated alkanes) is 1. The number of benzene rings is 2. The van der Waals surface area contributed by atoms with Crippen molar-refractivity contribution < 1.29 is 23.5 Å². The SMILES string of the molecule is CCCCOc1ccccc1NC(=O)COc1cccc(NC(=O)c2ccco2)c1. The van der Waals surface area contributed by atoms with Crippen molar-refractivity contribution in [1.29, 1.82) is 0 Å². The highest BCUT2D eigenvalue weighted by Gasteiger charge is 2.11. The maximum absolute atomic E-state index is 12.3. The van der Waals surface area contributed by atoms with Crippen LogP contribution in [-0.2, 0) is 4.79 Å². The van der Waals surface area contributed by atoms with Gasteiger partial charge in [0.15, 0.2) is 12.4 Å². The van der Waals surface area contributed by atoms with Crippen LogP contribution in [0, 0.1) is 0 Å². The van der Waals surface area contributed by atoms with Crippen molar-refractivity contribution in [2.75, 3.05) is 23.8 Å². The lowest BCUT2D eigenvalue weighted by Gasteiger charge is -2.13. The fourth-order valence-corrected chi connectivity index (χ4v) is 2.62. The summed E-state index contributed by atoms with van der Waals surface area (Å²) in [7, 11) is 0. The first kappa shape index (κ1) is 21.0. The summed E-state index contributed by atoms with van der Waals surface area (Å²) in [6.45, 7) is 2.50. The number of carbonyl (C=O) groups excluding carboxylic acids is 2. The van der Waals surface area contributed by atoms with Gasteiger partial charge in [-0.15, -0.1) is 0 Å². The molecule has 0 saturated heterocycles. The number of rotatable bonds is 10. The van der Waals surface area contributed by atoms with Crippen molar-refractivity contribution in [3.63, 3.8) is 0 Å². The fourth-order valence-electron chi connectivity index (χ4n) is 2.62. The Morgan fingerprint density at radius 2 is 1.83 bits per heavy atom. The highest BCUT2D eigenvalue weighted by Crippen LogP contribution is 2.24. The Labute approximate surface area is 175 Å². The molecular formula is C23H24N2O5. The van der Waals surface area contributed by atoms with Crippen LogP contribution in [0.15, 0.2) is 71.3 Å². The molecule has 0 aliphatic carbocycles. The molecule has 1 heterocycles. The van der Waals surface area contributed by atoms with Crippen LogP contribution in [0.3, 0.4) is 0 Å². The van der Waals surface area contributed by atoms with Crippen LogP contribution in [0.4, 0.5) is 11.4 Å². The zero-order chi connectivity index (χ0) is 21.2. The molecule has 7 heteroatoms. The zero-order valence-corrected chi connectivity index (χ0v) is 16.7. The number of para-hydroxylation sites is 2. The van der Waals surface area contributed by atoms with Crippen molar-refractivity contribution >= 4 is 23.2 Å². The number of ether oxygens (including phenoxy) is 2. The Hall–Kier alpha value is -3.74. The van der Waals surface area contributed by atoms with E-state index in [1.54, 1.807) is 42.5 Å². The molecule has 156 valence electrons. The van der Waals surface area contributed by atoms with Crippen LogP contribution >= 0.6 is 0 Å². The summed E-state index contributed by atoms with van der Waals surface area (Å²) in [4.78, 5) is 24.4. The molecule has 0 bridgehead atoms. The van der Waals surface area contributed by atoms with Gasteiger partial charge in [0, 0.05) is 11.8 Å². The van der Waals surface area contributed by atoms with E-state index in [9.17, 15) is 9.59 Å². The number of anilines is 2. The Balaban J connectivity index is 1.53. The highest BCUT2D eigenvalue weighted by molar-refractivity contribution is 6.02. The van der Waals surface area contributed by atoms with E-state index in [4.69, 9.17) is 13.9 Å². The van der Waals surface area contributed by atoms with Gasteiger partial charge in [-0.05, 0) is 42.8 Å². The number of hydrogen-bond acceptors (Lipinski definition) is 5. The third-order valence-corrected chi connectivity index (χ3v) is 4.12. The van der Waals surface area contributed by atoms with Crippen LogP contribution in [-0.4, -0.2) is 25.0 Å². The van der Waals surface area contributed by atoms with E-state index in [0.29, 0.717) is 29.5 Å². The van der Waals surface area contributed by atoms with Gasteiger partial charge in [0.2, 0.25) is 0 Å². The Kier molecular flexibility index (Phi) is 7.49. The summed E-state index contributed by atoms with van der Waals surface area (Å²) < 4.78 is 16.4. The maximum Gasteiger partial charge on any atom is 0.291 e. The molecule has 0 atom stereocenters. The topological polar surface area (TPSA) is 89.8 Å². The van der Waals surface area contributed by atoms with E-state index in [-0.39, 0.29) is 24.2 Å². The lowest BCUT2D eigenvalue weighted by atomic mass is 10.3. The number of carbonyl (C=O) groups is 2. The molecule has 7 nitrogen and oxygen atoms in total.